The molecule has 6 heteroatoms. The Bertz CT molecular complexity index is 499. The van der Waals surface area contributed by atoms with Gasteiger partial charge in [0.2, 0.25) is 10.0 Å². The van der Waals surface area contributed by atoms with Crippen LogP contribution in [-0.2, 0) is 14.8 Å². The first-order chi connectivity index (χ1) is 8.40. The lowest BCUT2D eigenvalue weighted by Crippen LogP contribution is -2.40. The van der Waals surface area contributed by atoms with E-state index >= 15 is 0 Å². The average molecular weight is 273 g/mol. The monoisotopic (exact) mass is 273 g/mol. The van der Waals surface area contributed by atoms with Gasteiger partial charge in [0.05, 0.1) is 24.2 Å². The maximum Gasteiger partial charge on any atom is 0.241 e. The maximum absolute atomic E-state index is 12.2. The standard InChI is InChI=1S/C12H19NO4S/c1-9-4-5-10(2)12(6-9)18(15,16)13-11(7-14)8-17-3/h4-6,11,13-14H,7-8H2,1-3H3. The minimum atomic E-state index is -3.64. The van der Waals surface area contributed by atoms with Crippen molar-refractivity contribution >= 4 is 10.0 Å². The van der Waals surface area contributed by atoms with E-state index in [0.717, 1.165) is 5.56 Å². The van der Waals surface area contributed by atoms with Crippen LogP contribution in [0.1, 0.15) is 11.1 Å². The predicted octanol–water partition coefficient (Wildman–Crippen LogP) is 0.589. The summed E-state index contributed by atoms with van der Waals surface area (Å²) in [4.78, 5) is 0.233. The molecule has 0 fully saturated rings. The number of hydrogen-bond donors (Lipinski definition) is 2. The molecule has 0 aliphatic heterocycles. The van der Waals surface area contributed by atoms with Gasteiger partial charge in [-0.25, -0.2) is 13.1 Å². The zero-order valence-electron chi connectivity index (χ0n) is 10.8. The number of aryl methyl sites for hydroxylation is 2. The highest BCUT2D eigenvalue weighted by Gasteiger charge is 2.21. The van der Waals surface area contributed by atoms with Gasteiger partial charge in [0, 0.05) is 7.11 Å². The molecule has 0 aromatic heterocycles. The molecule has 0 amide bonds. The molecule has 0 saturated carbocycles. The Morgan fingerprint density at radius 3 is 2.61 bits per heavy atom. The quantitative estimate of drug-likeness (QED) is 0.795. The molecule has 1 aromatic carbocycles. The molecule has 0 aliphatic carbocycles. The minimum absolute atomic E-state index is 0.126. The van der Waals surface area contributed by atoms with Crippen molar-refractivity contribution in [2.24, 2.45) is 0 Å². The van der Waals surface area contributed by atoms with E-state index in [1.165, 1.54) is 7.11 Å². The SMILES string of the molecule is COCC(CO)NS(=O)(=O)c1cc(C)ccc1C. The van der Waals surface area contributed by atoms with Crippen molar-refractivity contribution in [1.29, 1.82) is 0 Å². The molecule has 1 unspecified atom stereocenters. The van der Waals surface area contributed by atoms with Gasteiger partial charge in [0.1, 0.15) is 0 Å². The molecule has 0 aliphatic rings. The summed E-state index contributed by atoms with van der Waals surface area (Å²) in [6.45, 7) is 3.38. The summed E-state index contributed by atoms with van der Waals surface area (Å²) in [5.41, 5.74) is 1.54. The first-order valence-corrected chi connectivity index (χ1v) is 7.08. The normalized spacial score (nSPS) is 13.6. The second kappa shape index (κ2) is 6.29. The van der Waals surface area contributed by atoms with Crippen molar-refractivity contribution in [3.63, 3.8) is 0 Å². The molecule has 102 valence electrons. The van der Waals surface area contributed by atoms with Crippen molar-refractivity contribution in [3.8, 4) is 0 Å². The van der Waals surface area contributed by atoms with Crippen molar-refractivity contribution in [2.45, 2.75) is 24.8 Å². The molecule has 1 atom stereocenters. The molecule has 5 nitrogen and oxygen atoms in total. The van der Waals surface area contributed by atoms with Crippen LogP contribution in [0, 0.1) is 13.8 Å². The molecule has 0 saturated heterocycles. The van der Waals surface area contributed by atoms with Gasteiger partial charge in [0.25, 0.3) is 0 Å². The van der Waals surface area contributed by atoms with Gasteiger partial charge in [-0.2, -0.15) is 0 Å². The van der Waals surface area contributed by atoms with Crippen LogP contribution in [0.15, 0.2) is 23.1 Å². The second-order valence-electron chi connectivity index (χ2n) is 4.23. The Hall–Kier alpha value is -0.950. The van der Waals surface area contributed by atoms with Gasteiger partial charge in [-0.1, -0.05) is 12.1 Å². The number of aliphatic hydroxyl groups is 1. The van der Waals surface area contributed by atoms with Crippen LogP contribution >= 0.6 is 0 Å². The summed E-state index contributed by atoms with van der Waals surface area (Å²) in [5.74, 6) is 0. The Morgan fingerprint density at radius 2 is 2.06 bits per heavy atom. The molecular weight excluding hydrogens is 254 g/mol. The van der Waals surface area contributed by atoms with Crippen LogP contribution in [0.25, 0.3) is 0 Å². The lowest BCUT2D eigenvalue weighted by atomic mass is 10.2. The molecule has 0 bridgehead atoms. The van der Waals surface area contributed by atoms with E-state index in [-0.39, 0.29) is 18.1 Å². The summed E-state index contributed by atoms with van der Waals surface area (Å²) in [6.07, 6.45) is 0. The van der Waals surface area contributed by atoms with Gasteiger partial charge in [-0.05, 0) is 31.0 Å². The third kappa shape index (κ3) is 3.78. The van der Waals surface area contributed by atoms with E-state index in [9.17, 15) is 8.42 Å². The summed E-state index contributed by atoms with van der Waals surface area (Å²) < 4.78 is 31.6. The molecule has 0 spiro atoms. The number of nitrogens with one attached hydrogen (secondary N) is 1. The number of sulfonamides is 1. The molecule has 18 heavy (non-hydrogen) atoms. The van der Waals surface area contributed by atoms with E-state index in [4.69, 9.17) is 9.84 Å². The Labute approximate surface area is 108 Å². The van der Waals surface area contributed by atoms with Gasteiger partial charge in [-0.15, -0.1) is 0 Å². The Morgan fingerprint density at radius 1 is 1.39 bits per heavy atom. The molecule has 0 radical (unpaired) electrons. The van der Waals surface area contributed by atoms with Crippen LogP contribution in [0.2, 0.25) is 0 Å². The number of aliphatic hydroxyl groups excluding tert-OH is 1. The van der Waals surface area contributed by atoms with Crippen LogP contribution in [0.3, 0.4) is 0 Å². The first-order valence-electron chi connectivity index (χ1n) is 5.60. The lowest BCUT2D eigenvalue weighted by Gasteiger charge is -2.16. The summed E-state index contributed by atoms with van der Waals surface area (Å²) in [6, 6.07) is 4.58. The molecule has 1 aromatic rings. The topological polar surface area (TPSA) is 75.6 Å². The Kier molecular flexibility index (Phi) is 5.28. The summed E-state index contributed by atoms with van der Waals surface area (Å²) in [5, 5.41) is 9.08. The predicted molar refractivity (Wildman–Crippen MR) is 69.0 cm³/mol. The van der Waals surface area contributed by atoms with E-state index in [2.05, 4.69) is 4.72 Å². The van der Waals surface area contributed by atoms with E-state index in [1.54, 1.807) is 19.1 Å². The average Bonchev–Trinajstić information content (AvgIpc) is 2.31. The molecular formula is C12H19NO4S. The van der Waals surface area contributed by atoms with Gasteiger partial charge < -0.3 is 9.84 Å². The highest BCUT2D eigenvalue weighted by atomic mass is 32.2. The van der Waals surface area contributed by atoms with Crippen molar-refractivity contribution in [2.75, 3.05) is 20.3 Å². The van der Waals surface area contributed by atoms with Crippen LogP contribution in [0.5, 0.6) is 0 Å². The summed E-state index contributed by atoms with van der Waals surface area (Å²) >= 11 is 0. The van der Waals surface area contributed by atoms with Crippen molar-refractivity contribution in [1.82, 2.24) is 4.72 Å². The van der Waals surface area contributed by atoms with Crippen LogP contribution in [-0.4, -0.2) is 39.9 Å². The third-order valence-corrected chi connectivity index (χ3v) is 4.21. The first kappa shape index (κ1) is 15.1. The summed E-state index contributed by atoms with van der Waals surface area (Å²) in [7, 11) is -2.18. The largest absolute Gasteiger partial charge is 0.395 e. The zero-order chi connectivity index (χ0) is 13.8. The number of hydrogen-bond acceptors (Lipinski definition) is 4. The number of benzene rings is 1. The van der Waals surface area contributed by atoms with Gasteiger partial charge in [-0.3, -0.25) is 0 Å². The second-order valence-corrected chi connectivity index (χ2v) is 5.91. The van der Waals surface area contributed by atoms with Crippen molar-refractivity contribution < 1.29 is 18.3 Å². The number of methoxy groups -OCH3 is 1. The lowest BCUT2D eigenvalue weighted by molar-refractivity contribution is 0.139. The van der Waals surface area contributed by atoms with Crippen LogP contribution < -0.4 is 4.72 Å². The fourth-order valence-electron chi connectivity index (χ4n) is 1.60. The van der Waals surface area contributed by atoms with Gasteiger partial charge in [0.15, 0.2) is 0 Å². The van der Waals surface area contributed by atoms with Crippen LogP contribution in [0.4, 0.5) is 0 Å². The van der Waals surface area contributed by atoms with E-state index < -0.39 is 16.1 Å². The molecule has 1 rings (SSSR count). The maximum atomic E-state index is 12.2. The fraction of sp³-hybridized carbons (Fsp3) is 0.500. The zero-order valence-corrected chi connectivity index (χ0v) is 11.6. The molecule has 2 N–H and O–H groups in total. The van der Waals surface area contributed by atoms with Gasteiger partial charge >= 0.3 is 0 Å². The van der Waals surface area contributed by atoms with E-state index in [0.29, 0.717) is 5.56 Å². The smallest absolute Gasteiger partial charge is 0.241 e. The molecule has 0 heterocycles. The highest BCUT2D eigenvalue weighted by molar-refractivity contribution is 7.89. The minimum Gasteiger partial charge on any atom is -0.395 e. The number of rotatable bonds is 6. The number of ether oxygens (including phenoxy) is 1. The van der Waals surface area contributed by atoms with Crippen molar-refractivity contribution in [3.05, 3.63) is 29.3 Å². The Balaban J connectivity index is 3.02. The van der Waals surface area contributed by atoms with E-state index in [1.807, 2.05) is 13.0 Å². The highest BCUT2D eigenvalue weighted by Crippen LogP contribution is 2.16. The fourth-order valence-corrected chi connectivity index (χ4v) is 3.15. The third-order valence-electron chi connectivity index (χ3n) is 2.54.